The van der Waals surface area contributed by atoms with E-state index in [1.165, 1.54) is 0 Å². The number of fused-ring (bicyclic) bond motifs is 1. The van der Waals surface area contributed by atoms with Crippen LogP contribution < -0.4 is 18.9 Å². The number of hydrogen-bond donors (Lipinski definition) is 0. The van der Waals surface area contributed by atoms with Gasteiger partial charge in [0.25, 0.3) is 0 Å². The van der Waals surface area contributed by atoms with E-state index in [0.29, 0.717) is 45.3 Å². The minimum atomic E-state index is -0.482. The second-order valence-corrected chi connectivity index (χ2v) is 6.87. The number of esters is 1. The molecule has 0 bridgehead atoms. The number of benzene rings is 3. The van der Waals surface area contributed by atoms with Gasteiger partial charge in [-0.3, -0.25) is 4.79 Å². The van der Waals surface area contributed by atoms with Gasteiger partial charge in [-0.05, 0) is 55.5 Å². The molecule has 3 aromatic carbocycles. The Bertz CT molecular complexity index is 1190. The van der Waals surface area contributed by atoms with Crippen LogP contribution in [0.25, 0.3) is 6.08 Å². The molecule has 0 N–H and O–H groups in total. The van der Waals surface area contributed by atoms with Crippen LogP contribution in [-0.2, 0) is 0 Å². The van der Waals surface area contributed by atoms with E-state index in [0.717, 1.165) is 0 Å². The predicted octanol–water partition coefficient (Wildman–Crippen LogP) is 4.85. The summed E-state index contributed by atoms with van der Waals surface area (Å²) in [5, 5.41) is 0. The zero-order valence-corrected chi connectivity index (χ0v) is 17.3. The molecule has 156 valence electrons. The Morgan fingerprint density at radius 1 is 0.935 bits per heavy atom. The molecular weight excluding hydrogens is 396 g/mol. The monoisotopic (exact) mass is 416 g/mol. The SMILES string of the molecule is COc1ccc(OC)c(/C=C2\Oc3c(ccc(OC(=O)c4ccccc4)c3C)C2=O)c1. The Kier molecular flexibility index (Phi) is 5.45. The lowest BCUT2D eigenvalue weighted by atomic mass is 10.1. The number of rotatable bonds is 5. The molecule has 0 unspecified atom stereocenters. The number of ether oxygens (including phenoxy) is 4. The topological polar surface area (TPSA) is 71.1 Å². The van der Waals surface area contributed by atoms with Crippen LogP contribution in [0.2, 0.25) is 0 Å². The van der Waals surface area contributed by atoms with E-state index in [1.807, 2.05) is 6.07 Å². The highest BCUT2D eigenvalue weighted by Crippen LogP contribution is 2.40. The van der Waals surface area contributed by atoms with E-state index in [9.17, 15) is 9.59 Å². The molecule has 0 spiro atoms. The van der Waals surface area contributed by atoms with Crippen molar-refractivity contribution in [1.82, 2.24) is 0 Å². The number of allylic oxidation sites excluding steroid dienone is 1. The molecule has 0 radical (unpaired) electrons. The lowest BCUT2D eigenvalue weighted by Gasteiger charge is -2.10. The standard InChI is InChI=1S/C25H20O6/c1-15-20(31-25(27)16-7-5-4-6-8-16)12-10-19-23(26)22(30-24(15)19)14-17-13-18(28-2)9-11-21(17)29-3/h4-14H,1-3H3/b22-14-. The molecule has 6 nitrogen and oxygen atoms in total. The smallest absolute Gasteiger partial charge is 0.343 e. The summed E-state index contributed by atoms with van der Waals surface area (Å²) in [6, 6.07) is 17.2. The second kappa shape index (κ2) is 8.36. The van der Waals surface area contributed by atoms with Gasteiger partial charge in [0.2, 0.25) is 5.78 Å². The molecular formula is C25H20O6. The van der Waals surface area contributed by atoms with E-state index >= 15 is 0 Å². The second-order valence-electron chi connectivity index (χ2n) is 6.87. The Morgan fingerprint density at radius 2 is 1.68 bits per heavy atom. The van der Waals surface area contributed by atoms with Crippen LogP contribution in [0.5, 0.6) is 23.0 Å². The van der Waals surface area contributed by atoms with Gasteiger partial charge in [-0.2, -0.15) is 0 Å². The van der Waals surface area contributed by atoms with Crippen LogP contribution in [0, 0.1) is 6.92 Å². The van der Waals surface area contributed by atoms with Crippen molar-refractivity contribution < 1.29 is 28.5 Å². The molecule has 0 aromatic heterocycles. The summed E-state index contributed by atoms with van der Waals surface area (Å²) < 4.78 is 22.0. The van der Waals surface area contributed by atoms with Crippen LogP contribution in [0.15, 0.2) is 66.4 Å². The predicted molar refractivity (Wildman–Crippen MR) is 115 cm³/mol. The zero-order valence-electron chi connectivity index (χ0n) is 17.3. The van der Waals surface area contributed by atoms with Crippen molar-refractivity contribution in [3.63, 3.8) is 0 Å². The fourth-order valence-electron chi connectivity index (χ4n) is 3.31. The molecule has 0 saturated heterocycles. The van der Waals surface area contributed by atoms with Gasteiger partial charge in [-0.25, -0.2) is 4.79 Å². The number of carbonyl (C=O) groups excluding carboxylic acids is 2. The molecule has 1 heterocycles. The van der Waals surface area contributed by atoms with Crippen LogP contribution >= 0.6 is 0 Å². The van der Waals surface area contributed by atoms with Crippen molar-refractivity contribution in [2.24, 2.45) is 0 Å². The van der Waals surface area contributed by atoms with Crippen molar-refractivity contribution in [3.8, 4) is 23.0 Å². The quantitative estimate of drug-likeness (QED) is 0.336. The number of Topliss-reactive ketones (excluding diaryl/α,β-unsaturated/α-hetero) is 1. The van der Waals surface area contributed by atoms with Gasteiger partial charge in [0.05, 0.1) is 25.3 Å². The van der Waals surface area contributed by atoms with Gasteiger partial charge in [0.1, 0.15) is 23.0 Å². The first-order valence-electron chi connectivity index (χ1n) is 9.59. The zero-order chi connectivity index (χ0) is 22.0. The minimum absolute atomic E-state index is 0.149. The molecule has 0 aliphatic carbocycles. The Hall–Kier alpha value is -4.06. The minimum Gasteiger partial charge on any atom is -0.497 e. The van der Waals surface area contributed by atoms with Crippen molar-refractivity contribution in [2.45, 2.75) is 6.92 Å². The van der Waals surface area contributed by atoms with E-state index < -0.39 is 5.97 Å². The molecule has 0 amide bonds. The van der Waals surface area contributed by atoms with Gasteiger partial charge in [0.15, 0.2) is 5.76 Å². The van der Waals surface area contributed by atoms with Crippen LogP contribution in [0.3, 0.4) is 0 Å². The fourth-order valence-corrected chi connectivity index (χ4v) is 3.31. The molecule has 1 aliphatic heterocycles. The molecule has 31 heavy (non-hydrogen) atoms. The normalized spacial score (nSPS) is 13.5. The van der Waals surface area contributed by atoms with Gasteiger partial charge < -0.3 is 18.9 Å². The third-order valence-electron chi connectivity index (χ3n) is 4.97. The lowest BCUT2D eigenvalue weighted by Crippen LogP contribution is -2.09. The van der Waals surface area contributed by atoms with Gasteiger partial charge in [-0.15, -0.1) is 0 Å². The third-order valence-corrected chi connectivity index (χ3v) is 4.97. The highest BCUT2D eigenvalue weighted by molar-refractivity contribution is 6.15. The van der Waals surface area contributed by atoms with Gasteiger partial charge in [-0.1, -0.05) is 18.2 Å². The maximum Gasteiger partial charge on any atom is 0.343 e. The molecule has 0 atom stereocenters. The van der Waals surface area contributed by atoms with Gasteiger partial charge >= 0.3 is 5.97 Å². The van der Waals surface area contributed by atoms with Crippen molar-refractivity contribution in [3.05, 3.63) is 88.7 Å². The summed E-state index contributed by atoms with van der Waals surface area (Å²) in [5.74, 6) is 1.32. The third kappa shape index (κ3) is 3.88. The van der Waals surface area contributed by atoms with Crippen molar-refractivity contribution >= 4 is 17.8 Å². The average Bonchev–Trinajstić information content (AvgIpc) is 3.12. The highest BCUT2D eigenvalue weighted by Gasteiger charge is 2.31. The number of carbonyl (C=O) groups is 2. The highest BCUT2D eigenvalue weighted by atomic mass is 16.5. The summed E-state index contributed by atoms with van der Waals surface area (Å²) in [4.78, 5) is 25.3. The van der Waals surface area contributed by atoms with Gasteiger partial charge in [0, 0.05) is 11.1 Å². The average molecular weight is 416 g/mol. The van der Waals surface area contributed by atoms with E-state index in [-0.39, 0.29) is 11.5 Å². The van der Waals surface area contributed by atoms with E-state index in [4.69, 9.17) is 18.9 Å². The van der Waals surface area contributed by atoms with Crippen LogP contribution in [-0.4, -0.2) is 26.0 Å². The molecule has 1 aliphatic rings. The molecule has 0 saturated carbocycles. The Balaban J connectivity index is 1.65. The first-order chi connectivity index (χ1) is 15.0. The summed E-state index contributed by atoms with van der Waals surface area (Å²) in [6.07, 6.45) is 1.61. The first kappa shape index (κ1) is 20.2. The largest absolute Gasteiger partial charge is 0.497 e. The lowest BCUT2D eigenvalue weighted by molar-refractivity contribution is 0.0733. The Labute approximate surface area is 179 Å². The number of methoxy groups -OCH3 is 2. The summed E-state index contributed by atoms with van der Waals surface area (Å²) in [6.45, 7) is 1.74. The first-order valence-corrected chi connectivity index (χ1v) is 9.59. The summed E-state index contributed by atoms with van der Waals surface area (Å²) in [5.41, 5.74) is 2.05. The van der Waals surface area contributed by atoms with Crippen molar-refractivity contribution in [1.29, 1.82) is 0 Å². The molecule has 3 aromatic rings. The molecule has 0 fully saturated rings. The Morgan fingerprint density at radius 3 is 2.39 bits per heavy atom. The van der Waals surface area contributed by atoms with Crippen LogP contribution in [0.1, 0.15) is 31.8 Å². The van der Waals surface area contributed by atoms with E-state index in [1.54, 1.807) is 81.8 Å². The summed E-state index contributed by atoms with van der Waals surface area (Å²) >= 11 is 0. The van der Waals surface area contributed by atoms with E-state index in [2.05, 4.69) is 0 Å². The fraction of sp³-hybridized carbons (Fsp3) is 0.120. The molecule has 6 heteroatoms. The maximum absolute atomic E-state index is 12.9. The molecule has 4 rings (SSSR count). The summed E-state index contributed by atoms with van der Waals surface area (Å²) in [7, 11) is 3.11. The van der Waals surface area contributed by atoms with Crippen LogP contribution in [0.4, 0.5) is 0 Å². The maximum atomic E-state index is 12.9. The van der Waals surface area contributed by atoms with Crippen molar-refractivity contribution in [2.75, 3.05) is 14.2 Å². The number of hydrogen-bond acceptors (Lipinski definition) is 6. The number of ketones is 1.